The SMILES string of the molecule is CCOC(=O)C1(c2ccc(NC(O)c3cccc(C#N)c3)nc2)CCC1. The van der Waals surface area contributed by atoms with Crippen LogP contribution in [-0.4, -0.2) is 22.7 Å². The molecule has 1 aromatic carbocycles. The second-order valence-corrected chi connectivity index (χ2v) is 6.37. The summed E-state index contributed by atoms with van der Waals surface area (Å²) >= 11 is 0. The van der Waals surface area contributed by atoms with Gasteiger partial charge in [-0.15, -0.1) is 0 Å². The normalized spacial score (nSPS) is 16.0. The van der Waals surface area contributed by atoms with E-state index in [1.165, 1.54) is 0 Å². The second kappa shape index (κ2) is 7.54. The molecule has 0 bridgehead atoms. The highest BCUT2D eigenvalue weighted by molar-refractivity contribution is 5.84. The molecule has 6 nitrogen and oxygen atoms in total. The number of nitrogens with one attached hydrogen (secondary N) is 1. The number of aliphatic hydroxyl groups is 1. The van der Waals surface area contributed by atoms with Crippen LogP contribution in [0.4, 0.5) is 5.82 Å². The molecule has 1 fully saturated rings. The van der Waals surface area contributed by atoms with Crippen LogP contribution < -0.4 is 5.32 Å². The zero-order valence-electron chi connectivity index (χ0n) is 14.6. The number of ether oxygens (including phenoxy) is 1. The van der Waals surface area contributed by atoms with Crippen molar-refractivity contribution in [3.05, 3.63) is 59.3 Å². The van der Waals surface area contributed by atoms with Crippen LogP contribution in [0.5, 0.6) is 0 Å². The number of rotatable bonds is 6. The van der Waals surface area contributed by atoms with E-state index in [1.807, 2.05) is 12.1 Å². The number of anilines is 1. The molecule has 1 unspecified atom stereocenters. The summed E-state index contributed by atoms with van der Waals surface area (Å²) < 4.78 is 5.23. The minimum atomic E-state index is -0.982. The van der Waals surface area contributed by atoms with Crippen LogP contribution in [0.3, 0.4) is 0 Å². The van der Waals surface area contributed by atoms with Crippen molar-refractivity contribution in [2.24, 2.45) is 0 Å². The molecule has 1 aromatic heterocycles. The summed E-state index contributed by atoms with van der Waals surface area (Å²) in [6.45, 7) is 2.17. The van der Waals surface area contributed by atoms with Gasteiger partial charge in [0.25, 0.3) is 0 Å². The molecule has 134 valence electrons. The lowest BCUT2D eigenvalue weighted by molar-refractivity contribution is -0.153. The van der Waals surface area contributed by atoms with Gasteiger partial charge in [-0.3, -0.25) is 4.79 Å². The minimum absolute atomic E-state index is 0.192. The maximum Gasteiger partial charge on any atom is 0.316 e. The van der Waals surface area contributed by atoms with Crippen LogP contribution in [0.1, 0.15) is 49.1 Å². The first kappa shape index (κ1) is 17.9. The minimum Gasteiger partial charge on any atom is -0.465 e. The van der Waals surface area contributed by atoms with Gasteiger partial charge in [-0.05, 0) is 43.5 Å². The van der Waals surface area contributed by atoms with Gasteiger partial charge in [0.15, 0.2) is 6.23 Å². The zero-order chi connectivity index (χ0) is 18.6. The average Bonchev–Trinajstić information content (AvgIpc) is 2.62. The zero-order valence-corrected chi connectivity index (χ0v) is 14.6. The highest BCUT2D eigenvalue weighted by Gasteiger charge is 2.47. The lowest BCUT2D eigenvalue weighted by Crippen LogP contribution is -2.43. The van der Waals surface area contributed by atoms with E-state index < -0.39 is 11.6 Å². The first-order valence-corrected chi connectivity index (χ1v) is 8.67. The topological polar surface area (TPSA) is 95.2 Å². The summed E-state index contributed by atoms with van der Waals surface area (Å²) in [7, 11) is 0. The Kier molecular flexibility index (Phi) is 5.19. The third kappa shape index (κ3) is 3.39. The summed E-state index contributed by atoms with van der Waals surface area (Å²) in [5, 5.41) is 22.2. The van der Waals surface area contributed by atoms with E-state index in [0.717, 1.165) is 24.8 Å². The van der Waals surface area contributed by atoms with E-state index in [9.17, 15) is 9.90 Å². The summed E-state index contributed by atoms with van der Waals surface area (Å²) in [5.74, 6) is 0.295. The molecule has 2 N–H and O–H groups in total. The van der Waals surface area contributed by atoms with Crippen LogP contribution in [0.15, 0.2) is 42.6 Å². The molecule has 1 aliphatic rings. The largest absolute Gasteiger partial charge is 0.465 e. The fourth-order valence-electron chi connectivity index (χ4n) is 3.17. The van der Waals surface area contributed by atoms with Gasteiger partial charge in [-0.1, -0.05) is 24.6 Å². The Morgan fingerprint density at radius 1 is 1.42 bits per heavy atom. The predicted molar refractivity (Wildman–Crippen MR) is 96.1 cm³/mol. The van der Waals surface area contributed by atoms with E-state index in [2.05, 4.69) is 10.3 Å². The summed E-state index contributed by atoms with van der Waals surface area (Å²) in [5.41, 5.74) is 1.32. The van der Waals surface area contributed by atoms with E-state index in [1.54, 1.807) is 43.5 Å². The molecule has 1 aliphatic carbocycles. The van der Waals surface area contributed by atoms with Crippen LogP contribution in [0.25, 0.3) is 0 Å². The number of nitriles is 1. The van der Waals surface area contributed by atoms with Crippen molar-refractivity contribution in [2.75, 3.05) is 11.9 Å². The molecule has 6 heteroatoms. The quantitative estimate of drug-likeness (QED) is 0.613. The van der Waals surface area contributed by atoms with E-state index in [0.29, 0.717) is 23.6 Å². The van der Waals surface area contributed by atoms with Crippen molar-refractivity contribution >= 4 is 11.8 Å². The molecule has 0 saturated heterocycles. The van der Waals surface area contributed by atoms with E-state index in [-0.39, 0.29) is 5.97 Å². The molecule has 0 radical (unpaired) electrons. The standard InChI is InChI=1S/C20H21N3O3/c1-2-26-19(25)20(9-4-10-20)16-7-8-17(22-13-16)23-18(24)15-6-3-5-14(11-15)12-21/h3,5-8,11,13,18,24H,2,4,9-10H2,1H3,(H,22,23). The molecule has 3 rings (SSSR count). The molecule has 1 saturated carbocycles. The molecule has 26 heavy (non-hydrogen) atoms. The lowest BCUT2D eigenvalue weighted by atomic mass is 9.65. The van der Waals surface area contributed by atoms with Crippen LogP contribution in [0.2, 0.25) is 0 Å². The van der Waals surface area contributed by atoms with Gasteiger partial charge < -0.3 is 15.2 Å². The Bertz CT molecular complexity index is 823. The monoisotopic (exact) mass is 351 g/mol. The van der Waals surface area contributed by atoms with Crippen molar-refractivity contribution < 1.29 is 14.6 Å². The molecule has 1 atom stereocenters. The fraction of sp³-hybridized carbons (Fsp3) is 0.350. The Balaban J connectivity index is 1.73. The Hall–Kier alpha value is -2.91. The first-order chi connectivity index (χ1) is 12.6. The van der Waals surface area contributed by atoms with Gasteiger partial charge >= 0.3 is 5.97 Å². The summed E-state index contributed by atoms with van der Waals surface area (Å²) in [6.07, 6.45) is 3.21. The van der Waals surface area contributed by atoms with Crippen molar-refractivity contribution in [1.29, 1.82) is 5.26 Å². The van der Waals surface area contributed by atoms with Crippen molar-refractivity contribution in [2.45, 2.75) is 37.8 Å². The van der Waals surface area contributed by atoms with Gasteiger partial charge in [-0.2, -0.15) is 5.26 Å². The number of benzene rings is 1. The Morgan fingerprint density at radius 2 is 2.23 bits per heavy atom. The molecule has 0 amide bonds. The average molecular weight is 351 g/mol. The number of aliphatic hydroxyl groups excluding tert-OH is 1. The number of nitrogens with zero attached hydrogens (tertiary/aromatic N) is 2. The second-order valence-electron chi connectivity index (χ2n) is 6.37. The number of pyridine rings is 1. The fourth-order valence-corrected chi connectivity index (χ4v) is 3.17. The van der Waals surface area contributed by atoms with Crippen LogP contribution >= 0.6 is 0 Å². The van der Waals surface area contributed by atoms with Gasteiger partial charge in [0.05, 0.1) is 23.7 Å². The van der Waals surface area contributed by atoms with Crippen molar-refractivity contribution in [1.82, 2.24) is 4.98 Å². The third-order valence-corrected chi connectivity index (χ3v) is 4.81. The van der Waals surface area contributed by atoms with Gasteiger partial charge in [0.1, 0.15) is 5.82 Å². The summed E-state index contributed by atoms with van der Waals surface area (Å²) in [6, 6.07) is 12.4. The highest BCUT2D eigenvalue weighted by atomic mass is 16.5. The summed E-state index contributed by atoms with van der Waals surface area (Å²) in [4.78, 5) is 16.7. The highest BCUT2D eigenvalue weighted by Crippen LogP contribution is 2.44. The smallest absolute Gasteiger partial charge is 0.316 e. The molecular weight excluding hydrogens is 330 g/mol. The predicted octanol–water partition coefficient (Wildman–Crippen LogP) is 3.04. The Morgan fingerprint density at radius 3 is 2.81 bits per heavy atom. The van der Waals surface area contributed by atoms with Crippen LogP contribution in [0, 0.1) is 11.3 Å². The van der Waals surface area contributed by atoms with Gasteiger partial charge in [0.2, 0.25) is 0 Å². The van der Waals surface area contributed by atoms with Crippen LogP contribution in [-0.2, 0) is 14.9 Å². The molecule has 0 spiro atoms. The maximum atomic E-state index is 12.3. The Labute approximate surface area is 152 Å². The van der Waals surface area contributed by atoms with Gasteiger partial charge in [-0.25, -0.2) is 4.98 Å². The lowest BCUT2D eigenvalue weighted by Gasteiger charge is -2.39. The van der Waals surface area contributed by atoms with Crippen molar-refractivity contribution in [3.63, 3.8) is 0 Å². The third-order valence-electron chi connectivity index (χ3n) is 4.81. The van der Waals surface area contributed by atoms with Crippen molar-refractivity contribution in [3.8, 4) is 6.07 Å². The number of carbonyl (C=O) groups is 1. The number of hydrogen-bond acceptors (Lipinski definition) is 6. The first-order valence-electron chi connectivity index (χ1n) is 8.67. The molecular formula is C20H21N3O3. The maximum absolute atomic E-state index is 12.3. The number of esters is 1. The molecule has 2 aromatic rings. The number of carbonyl (C=O) groups excluding carboxylic acids is 1. The molecule has 0 aliphatic heterocycles. The van der Waals surface area contributed by atoms with E-state index >= 15 is 0 Å². The van der Waals surface area contributed by atoms with Gasteiger partial charge in [0, 0.05) is 11.8 Å². The number of aromatic nitrogens is 1. The number of hydrogen-bond donors (Lipinski definition) is 2. The van der Waals surface area contributed by atoms with E-state index in [4.69, 9.17) is 10.00 Å². The molecule has 1 heterocycles.